The number of aliphatic hydroxyl groups excluding tert-OH is 1. The highest BCUT2D eigenvalue weighted by molar-refractivity contribution is 5.70. The summed E-state index contributed by atoms with van der Waals surface area (Å²) in [6.07, 6.45) is -1.46. The molecule has 2 heterocycles. The van der Waals surface area contributed by atoms with Gasteiger partial charge in [0, 0.05) is 26.7 Å². The van der Waals surface area contributed by atoms with Crippen molar-refractivity contribution in [3.05, 3.63) is 11.6 Å². The summed E-state index contributed by atoms with van der Waals surface area (Å²) in [6.45, 7) is 10.5. The Hall–Kier alpha value is -1.97. The molecule has 0 amide bonds. The molecular weight excluding hydrogens is 432 g/mol. The van der Waals surface area contributed by atoms with Crippen LogP contribution in [0.4, 0.5) is 0 Å². The van der Waals surface area contributed by atoms with E-state index in [1.54, 1.807) is 0 Å². The molecule has 1 N–H and O–H groups in total. The van der Waals surface area contributed by atoms with Gasteiger partial charge in [-0.15, -0.1) is 0 Å². The van der Waals surface area contributed by atoms with Crippen LogP contribution in [-0.4, -0.2) is 72.3 Å². The summed E-state index contributed by atoms with van der Waals surface area (Å²) < 4.78 is 29.4. The summed E-state index contributed by atoms with van der Waals surface area (Å²) in [4.78, 5) is 36.4. The second-order valence-electron chi connectivity index (χ2n) is 10.5. The normalized spacial score (nSPS) is 43.0. The van der Waals surface area contributed by atoms with Crippen molar-refractivity contribution in [2.75, 3.05) is 13.2 Å². The van der Waals surface area contributed by atoms with E-state index in [0.717, 1.165) is 5.57 Å². The highest BCUT2D eigenvalue weighted by Crippen LogP contribution is 2.72. The van der Waals surface area contributed by atoms with E-state index >= 15 is 0 Å². The molecule has 0 radical (unpaired) electrons. The molecular formula is C24H34O9. The molecule has 2 aliphatic heterocycles. The molecule has 0 aromatic rings. The molecule has 2 aliphatic carbocycles. The standard InChI is InChI=1S/C24H34O9/c1-12(2)7-18(27)32-16-9-23(10-29-14(4)25)17(8-13(16)3)33-21-19(28)20(31-15(5)26)22(23,6)24(21)11-30-24/h8,12,16-17,19-21,28H,7,9-11H2,1-6H3/t16-,17+,19+,20+,21-,22+,23+,24+/m0/s1. The Morgan fingerprint density at radius 1 is 1.21 bits per heavy atom. The molecule has 0 aromatic heterocycles. The molecule has 1 saturated carbocycles. The van der Waals surface area contributed by atoms with E-state index in [9.17, 15) is 19.5 Å². The van der Waals surface area contributed by atoms with Crippen LogP contribution < -0.4 is 0 Å². The molecule has 2 saturated heterocycles. The number of aliphatic hydroxyl groups is 1. The van der Waals surface area contributed by atoms with Gasteiger partial charge in [0.05, 0.1) is 23.5 Å². The van der Waals surface area contributed by atoms with Crippen LogP contribution in [0.3, 0.4) is 0 Å². The quantitative estimate of drug-likeness (QED) is 0.270. The van der Waals surface area contributed by atoms with Crippen molar-refractivity contribution in [2.45, 2.75) is 90.5 Å². The summed E-state index contributed by atoms with van der Waals surface area (Å²) in [5.41, 5.74) is -2.00. The first-order valence-electron chi connectivity index (χ1n) is 11.5. The number of rotatable bonds is 6. The van der Waals surface area contributed by atoms with E-state index in [0.29, 0.717) is 6.61 Å². The summed E-state index contributed by atoms with van der Waals surface area (Å²) in [5, 5.41) is 11.2. The fraction of sp³-hybridized carbons (Fsp3) is 0.792. The summed E-state index contributed by atoms with van der Waals surface area (Å²) in [5.74, 6) is -1.18. The maximum atomic E-state index is 12.5. The van der Waals surface area contributed by atoms with E-state index < -0.39 is 58.9 Å². The van der Waals surface area contributed by atoms with Gasteiger partial charge in [0.2, 0.25) is 0 Å². The molecule has 33 heavy (non-hydrogen) atoms. The molecule has 4 aliphatic rings. The topological polar surface area (TPSA) is 121 Å². The maximum absolute atomic E-state index is 12.5. The highest BCUT2D eigenvalue weighted by atomic mass is 16.7. The van der Waals surface area contributed by atoms with Crippen molar-refractivity contribution in [3.63, 3.8) is 0 Å². The van der Waals surface area contributed by atoms with E-state index in [1.165, 1.54) is 13.8 Å². The molecule has 1 spiro atoms. The zero-order valence-electron chi connectivity index (χ0n) is 20.1. The van der Waals surface area contributed by atoms with Crippen LogP contribution >= 0.6 is 0 Å². The predicted molar refractivity (Wildman–Crippen MR) is 114 cm³/mol. The third-order valence-electron chi connectivity index (χ3n) is 8.00. The van der Waals surface area contributed by atoms with Crippen LogP contribution in [-0.2, 0) is 38.1 Å². The SMILES string of the molecule is CC(=O)OC[C@]12C[C@H](OC(=O)CC(C)C)C(C)=C[C@H]1O[C@H]1[C@H](O)[C@@H](OC(C)=O)[C@@]2(C)[C@@]12CO2. The van der Waals surface area contributed by atoms with Crippen molar-refractivity contribution in [1.29, 1.82) is 0 Å². The van der Waals surface area contributed by atoms with Crippen LogP contribution in [0.1, 0.15) is 54.4 Å². The van der Waals surface area contributed by atoms with Gasteiger partial charge in [0.1, 0.15) is 36.6 Å². The Kier molecular flexibility index (Phi) is 5.90. The lowest BCUT2D eigenvalue weighted by Crippen LogP contribution is -2.68. The zero-order valence-corrected chi connectivity index (χ0v) is 20.1. The Morgan fingerprint density at radius 2 is 1.88 bits per heavy atom. The average Bonchev–Trinajstić information content (AvgIpc) is 3.48. The number of hydrogen-bond donors (Lipinski definition) is 1. The number of carbonyl (C=O) groups excluding carboxylic acids is 3. The van der Waals surface area contributed by atoms with Crippen molar-refractivity contribution in [2.24, 2.45) is 16.7 Å². The lowest BCUT2D eigenvalue weighted by molar-refractivity contribution is -0.241. The first-order valence-corrected chi connectivity index (χ1v) is 11.5. The van der Waals surface area contributed by atoms with Gasteiger partial charge in [-0.1, -0.05) is 26.8 Å². The Morgan fingerprint density at radius 3 is 2.42 bits per heavy atom. The third-order valence-corrected chi connectivity index (χ3v) is 8.00. The molecule has 0 unspecified atom stereocenters. The lowest BCUT2D eigenvalue weighted by atomic mass is 9.51. The summed E-state index contributed by atoms with van der Waals surface area (Å²) in [6, 6.07) is 0. The van der Waals surface area contributed by atoms with Gasteiger partial charge in [0.25, 0.3) is 0 Å². The number of fused-ring (bicyclic) bond motifs is 2. The van der Waals surface area contributed by atoms with Crippen LogP contribution in [0, 0.1) is 16.7 Å². The molecule has 2 bridgehead atoms. The minimum absolute atomic E-state index is 0.0617. The second-order valence-corrected chi connectivity index (χ2v) is 10.5. The Bertz CT molecular complexity index is 875. The van der Waals surface area contributed by atoms with Crippen LogP contribution in [0.2, 0.25) is 0 Å². The first kappa shape index (κ1) is 24.2. The molecule has 184 valence electrons. The Labute approximate surface area is 193 Å². The van der Waals surface area contributed by atoms with Crippen LogP contribution in [0.5, 0.6) is 0 Å². The van der Waals surface area contributed by atoms with Gasteiger partial charge in [-0.05, 0) is 18.4 Å². The zero-order chi connectivity index (χ0) is 24.3. The van der Waals surface area contributed by atoms with Crippen LogP contribution in [0.15, 0.2) is 11.6 Å². The second kappa shape index (κ2) is 8.06. The Balaban J connectivity index is 1.79. The molecule has 3 fully saturated rings. The summed E-state index contributed by atoms with van der Waals surface area (Å²) in [7, 11) is 0. The molecule has 4 rings (SSSR count). The van der Waals surface area contributed by atoms with Crippen molar-refractivity contribution >= 4 is 17.9 Å². The third kappa shape index (κ3) is 3.51. The molecule has 9 heteroatoms. The molecule has 0 aromatic carbocycles. The first-order chi connectivity index (χ1) is 15.4. The van der Waals surface area contributed by atoms with Crippen molar-refractivity contribution in [1.82, 2.24) is 0 Å². The van der Waals surface area contributed by atoms with Crippen molar-refractivity contribution < 1.29 is 43.2 Å². The van der Waals surface area contributed by atoms with Crippen molar-refractivity contribution in [3.8, 4) is 0 Å². The van der Waals surface area contributed by atoms with Gasteiger partial charge in [0.15, 0.2) is 0 Å². The number of carbonyl (C=O) groups is 3. The highest BCUT2D eigenvalue weighted by Gasteiger charge is 2.86. The largest absolute Gasteiger partial charge is 0.465 e. The van der Waals surface area contributed by atoms with E-state index in [2.05, 4.69) is 0 Å². The lowest BCUT2D eigenvalue weighted by Gasteiger charge is -2.58. The van der Waals surface area contributed by atoms with E-state index in [1.807, 2.05) is 33.8 Å². The van der Waals surface area contributed by atoms with E-state index in [-0.39, 0.29) is 31.3 Å². The minimum Gasteiger partial charge on any atom is -0.465 e. The van der Waals surface area contributed by atoms with Gasteiger partial charge in [-0.2, -0.15) is 0 Å². The number of ether oxygens (including phenoxy) is 5. The maximum Gasteiger partial charge on any atom is 0.306 e. The van der Waals surface area contributed by atoms with Gasteiger partial charge in [-0.25, -0.2) is 0 Å². The number of hydrogen-bond acceptors (Lipinski definition) is 9. The molecule has 9 nitrogen and oxygen atoms in total. The smallest absolute Gasteiger partial charge is 0.306 e. The van der Waals surface area contributed by atoms with E-state index in [4.69, 9.17) is 23.7 Å². The van der Waals surface area contributed by atoms with Crippen LogP contribution in [0.25, 0.3) is 0 Å². The fourth-order valence-corrected chi connectivity index (χ4v) is 6.26. The summed E-state index contributed by atoms with van der Waals surface area (Å²) >= 11 is 0. The number of esters is 3. The molecule has 8 atom stereocenters. The fourth-order valence-electron chi connectivity index (χ4n) is 6.26. The average molecular weight is 467 g/mol. The van der Waals surface area contributed by atoms with Gasteiger partial charge < -0.3 is 28.8 Å². The monoisotopic (exact) mass is 466 g/mol. The predicted octanol–water partition coefficient (Wildman–Crippen LogP) is 1.69. The van der Waals surface area contributed by atoms with Gasteiger partial charge >= 0.3 is 17.9 Å². The number of epoxide rings is 1. The van der Waals surface area contributed by atoms with Gasteiger partial charge in [-0.3, -0.25) is 14.4 Å². The minimum atomic E-state index is -1.11.